The lowest BCUT2D eigenvalue weighted by Gasteiger charge is -2.34. The molecule has 1 atom stereocenters. The molecule has 182 valence electrons. The number of nitrogens with zero attached hydrogens (tertiary/aromatic N) is 2. The summed E-state index contributed by atoms with van der Waals surface area (Å²) in [4.78, 5) is 53.7. The number of urea groups is 1. The Bertz CT molecular complexity index is 1290. The van der Waals surface area contributed by atoms with Crippen molar-refractivity contribution in [3.05, 3.63) is 90.0 Å². The summed E-state index contributed by atoms with van der Waals surface area (Å²) in [5, 5.41) is 9.31. The Kier molecular flexibility index (Phi) is 6.82. The Morgan fingerprint density at radius 1 is 0.833 bits per heavy atom. The number of methoxy groups -OCH3 is 1. The fourth-order valence-corrected chi connectivity index (χ4v) is 3.66. The molecule has 1 fully saturated rings. The molecule has 0 bridgehead atoms. The van der Waals surface area contributed by atoms with Crippen LogP contribution in [-0.2, 0) is 14.4 Å². The maximum Gasteiger partial charge on any atom is 0.344 e. The molecule has 1 aliphatic rings. The van der Waals surface area contributed by atoms with Gasteiger partial charge >= 0.3 is 12.0 Å². The zero-order valence-electron chi connectivity index (χ0n) is 19.5. The van der Waals surface area contributed by atoms with Gasteiger partial charge in [-0.3, -0.25) is 9.59 Å². The van der Waals surface area contributed by atoms with Gasteiger partial charge < -0.3 is 14.6 Å². The number of aliphatic carboxylic acids is 1. The van der Waals surface area contributed by atoms with Crippen molar-refractivity contribution in [3.8, 4) is 11.5 Å². The highest BCUT2D eigenvalue weighted by atomic mass is 16.5. The Balaban J connectivity index is 1.89. The van der Waals surface area contributed by atoms with Crippen LogP contribution in [0.4, 0.5) is 16.2 Å². The zero-order chi connectivity index (χ0) is 25.8. The van der Waals surface area contributed by atoms with Crippen molar-refractivity contribution in [1.82, 2.24) is 0 Å². The van der Waals surface area contributed by atoms with Gasteiger partial charge in [-0.25, -0.2) is 19.4 Å². The third-order valence-corrected chi connectivity index (χ3v) is 5.45. The topological polar surface area (TPSA) is 113 Å². The van der Waals surface area contributed by atoms with Gasteiger partial charge in [-0.2, -0.15) is 0 Å². The first-order chi connectivity index (χ1) is 17.3. The van der Waals surface area contributed by atoms with Crippen LogP contribution < -0.4 is 19.3 Å². The molecule has 0 spiro atoms. The summed E-state index contributed by atoms with van der Waals surface area (Å²) < 4.78 is 10.9. The van der Waals surface area contributed by atoms with Gasteiger partial charge in [0.2, 0.25) is 0 Å². The van der Waals surface area contributed by atoms with E-state index in [0.29, 0.717) is 0 Å². The first kappa shape index (κ1) is 24.2. The summed E-state index contributed by atoms with van der Waals surface area (Å²) in [5.74, 6) is -2.62. The fraction of sp³-hybridized carbons (Fsp3) is 0.111. The lowest BCUT2D eigenvalue weighted by Crippen LogP contribution is -2.57. The van der Waals surface area contributed by atoms with Crippen molar-refractivity contribution in [2.75, 3.05) is 16.9 Å². The van der Waals surface area contributed by atoms with Crippen molar-refractivity contribution in [1.29, 1.82) is 0 Å². The lowest BCUT2D eigenvalue weighted by atomic mass is 10.0. The normalized spacial score (nSPS) is 14.5. The van der Waals surface area contributed by atoms with Crippen LogP contribution in [0.15, 0.2) is 84.4 Å². The van der Waals surface area contributed by atoms with E-state index in [1.54, 1.807) is 78.9 Å². The number of amides is 4. The van der Waals surface area contributed by atoms with Gasteiger partial charge in [0.25, 0.3) is 11.8 Å². The van der Waals surface area contributed by atoms with Gasteiger partial charge in [-0.15, -0.1) is 0 Å². The highest BCUT2D eigenvalue weighted by Gasteiger charge is 2.43. The molecule has 3 aromatic carbocycles. The van der Waals surface area contributed by atoms with Crippen molar-refractivity contribution < 1.29 is 33.8 Å². The smallest absolute Gasteiger partial charge is 0.344 e. The molecule has 4 amide bonds. The SMILES string of the molecule is COc1cccc(C=C2C(=O)N(c3ccccc3)C(=O)N(c3ccccc3)C2=O)c1O[C@H](C)C(=O)O. The molecule has 4 rings (SSSR count). The Hall–Kier alpha value is -4.92. The van der Waals surface area contributed by atoms with Crippen LogP contribution in [0.5, 0.6) is 11.5 Å². The molecule has 0 aliphatic carbocycles. The van der Waals surface area contributed by atoms with E-state index in [0.717, 1.165) is 9.80 Å². The second-order valence-electron chi connectivity index (χ2n) is 7.77. The van der Waals surface area contributed by atoms with E-state index in [-0.39, 0.29) is 34.0 Å². The van der Waals surface area contributed by atoms with Crippen LogP contribution in [0.25, 0.3) is 6.08 Å². The quantitative estimate of drug-likeness (QED) is 0.395. The average Bonchev–Trinajstić information content (AvgIpc) is 2.88. The lowest BCUT2D eigenvalue weighted by molar-refractivity contribution is -0.144. The van der Waals surface area contributed by atoms with Crippen LogP contribution in [0.2, 0.25) is 0 Å². The van der Waals surface area contributed by atoms with Crippen LogP contribution in [0.1, 0.15) is 12.5 Å². The van der Waals surface area contributed by atoms with Crippen molar-refractivity contribution in [3.63, 3.8) is 0 Å². The minimum absolute atomic E-state index is 0.0393. The minimum Gasteiger partial charge on any atom is -0.493 e. The van der Waals surface area contributed by atoms with Crippen LogP contribution in [0.3, 0.4) is 0 Å². The summed E-state index contributed by atoms with van der Waals surface area (Å²) >= 11 is 0. The Labute approximate surface area is 206 Å². The van der Waals surface area contributed by atoms with Crippen LogP contribution in [0, 0.1) is 0 Å². The molecule has 1 N–H and O–H groups in total. The molecule has 3 aromatic rings. The Morgan fingerprint density at radius 2 is 1.36 bits per heavy atom. The van der Waals surface area contributed by atoms with Gasteiger partial charge in [-0.1, -0.05) is 48.5 Å². The van der Waals surface area contributed by atoms with Crippen molar-refractivity contribution in [2.45, 2.75) is 13.0 Å². The molecule has 9 nitrogen and oxygen atoms in total. The molecule has 36 heavy (non-hydrogen) atoms. The molecule has 1 aliphatic heterocycles. The summed E-state index contributed by atoms with van der Waals surface area (Å²) in [6.07, 6.45) is 0.0366. The number of benzene rings is 3. The molecule has 1 saturated heterocycles. The number of anilines is 2. The van der Waals surface area contributed by atoms with Crippen molar-refractivity contribution in [2.24, 2.45) is 0 Å². The first-order valence-electron chi connectivity index (χ1n) is 10.9. The van der Waals surface area contributed by atoms with Gasteiger partial charge in [0.05, 0.1) is 18.5 Å². The second kappa shape index (κ2) is 10.1. The predicted octanol–water partition coefficient (Wildman–Crippen LogP) is 4.13. The maximum atomic E-state index is 13.5. The number of hydrogen-bond donors (Lipinski definition) is 1. The molecule has 0 radical (unpaired) electrons. The molecule has 0 unspecified atom stereocenters. The number of carboxylic acid groups (broad SMARTS) is 1. The summed E-state index contributed by atoms with van der Waals surface area (Å²) in [5.41, 5.74) is 0.486. The number of para-hydroxylation sites is 3. The molecule has 0 saturated carbocycles. The van der Waals surface area contributed by atoms with E-state index in [4.69, 9.17) is 9.47 Å². The average molecular weight is 486 g/mol. The van der Waals surface area contributed by atoms with Crippen molar-refractivity contribution >= 4 is 41.3 Å². The van der Waals surface area contributed by atoms with E-state index in [1.165, 1.54) is 20.1 Å². The minimum atomic E-state index is -1.24. The fourth-order valence-electron chi connectivity index (χ4n) is 3.66. The maximum absolute atomic E-state index is 13.5. The third kappa shape index (κ3) is 4.54. The van der Waals surface area contributed by atoms with E-state index in [2.05, 4.69) is 0 Å². The molecule has 0 aromatic heterocycles. The van der Waals surface area contributed by atoms with Crippen LogP contribution >= 0.6 is 0 Å². The van der Waals surface area contributed by atoms with Gasteiger partial charge in [0.15, 0.2) is 17.6 Å². The molecular weight excluding hydrogens is 464 g/mol. The largest absolute Gasteiger partial charge is 0.493 e. The van der Waals surface area contributed by atoms with Gasteiger partial charge in [0.1, 0.15) is 5.57 Å². The number of barbiturate groups is 1. The first-order valence-corrected chi connectivity index (χ1v) is 10.9. The number of ether oxygens (including phenoxy) is 2. The number of carbonyl (C=O) groups excluding carboxylic acids is 3. The number of hydrogen-bond acceptors (Lipinski definition) is 6. The summed E-state index contributed by atoms with van der Waals surface area (Å²) in [7, 11) is 1.38. The van der Waals surface area contributed by atoms with Gasteiger partial charge in [-0.05, 0) is 43.3 Å². The van der Waals surface area contributed by atoms with E-state index < -0.39 is 29.9 Å². The number of carboxylic acids is 1. The van der Waals surface area contributed by atoms with E-state index in [9.17, 15) is 24.3 Å². The monoisotopic (exact) mass is 486 g/mol. The number of rotatable bonds is 7. The zero-order valence-corrected chi connectivity index (χ0v) is 19.5. The third-order valence-electron chi connectivity index (χ3n) is 5.45. The number of imide groups is 2. The Morgan fingerprint density at radius 3 is 1.83 bits per heavy atom. The summed E-state index contributed by atoms with van der Waals surface area (Å²) in [6, 6.07) is 20.4. The highest BCUT2D eigenvalue weighted by molar-refractivity contribution is 6.46. The molecule has 1 heterocycles. The predicted molar refractivity (Wildman–Crippen MR) is 132 cm³/mol. The van der Waals surface area contributed by atoms with Gasteiger partial charge in [0, 0.05) is 5.56 Å². The van der Waals surface area contributed by atoms with E-state index >= 15 is 0 Å². The number of carbonyl (C=O) groups is 4. The molecule has 9 heteroatoms. The van der Waals surface area contributed by atoms with E-state index in [1.807, 2.05) is 0 Å². The summed E-state index contributed by atoms with van der Waals surface area (Å²) in [6.45, 7) is 1.34. The van der Waals surface area contributed by atoms with Crippen LogP contribution in [-0.4, -0.2) is 42.1 Å². The standard InChI is InChI=1S/C27H22N2O7/c1-17(26(32)33)36-23-18(10-9-15-22(23)35-2)16-21-24(30)28(19-11-5-3-6-12-19)27(34)29(25(21)31)20-13-7-4-8-14-20/h3-17H,1-2H3,(H,32,33)/t17-/m1/s1. The second-order valence-corrected chi connectivity index (χ2v) is 7.77. The highest BCUT2D eigenvalue weighted by Crippen LogP contribution is 2.35. The molecular formula is C27H22N2O7.